The topological polar surface area (TPSA) is 42.5 Å². The second kappa shape index (κ2) is 18.3. The van der Waals surface area contributed by atoms with Crippen LogP contribution < -0.4 is 20.1 Å². The lowest BCUT2D eigenvalue weighted by atomic mass is 10.1. The molecular formula is C34H37ClF6N2O2. The van der Waals surface area contributed by atoms with Crippen LogP contribution in [0.2, 0.25) is 0 Å². The number of benzene rings is 4. The van der Waals surface area contributed by atoms with E-state index in [1.54, 1.807) is 0 Å². The van der Waals surface area contributed by atoms with Crippen LogP contribution in [0.25, 0.3) is 0 Å². The molecule has 0 spiro atoms. The third kappa shape index (κ3) is 12.7. The summed E-state index contributed by atoms with van der Waals surface area (Å²) in [6, 6.07) is 28.9. The molecule has 0 aromatic heterocycles. The van der Waals surface area contributed by atoms with Gasteiger partial charge >= 0.3 is 12.4 Å². The quantitative estimate of drug-likeness (QED) is 0.150. The highest BCUT2D eigenvalue weighted by Crippen LogP contribution is 2.33. The van der Waals surface area contributed by atoms with Crippen LogP contribution >= 0.6 is 12.4 Å². The van der Waals surface area contributed by atoms with Crippen LogP contribution in [0.15, 0.2) is 109 Å². The van der Waals surface area contributed by atoms with Crippen molar-refractivity contribution in [3.63, 3.8) is 0 Å². The molecule has 11 heteroatoms. The van der Waals surface area contributed by atoms with Crippen LogP contribution in [0.3, 0.4) is 0 Å². The Labute approximate surface area is 266 Å². The molecule has 0 radical (unpaired) electrons. The monoisotopic (exact) mass is 654 g/mol. The Morgan fingerprint density at radius 3 is 1.09 bits per heavy atom. The number of halogens is 7. The van der Waals surface area contributed by atoms with Crippen LogP contribution in [-0.2, 0) is 12.4 Å². The summed E-state index contributed by atoms with van der Waals surface area (Å²) in [5, 5.41) is 6.11. The van der Waals surface area contributed by atoms with Gasteiger partial charge in [-0.25, -0.2) is 0 Å². The number of rotatable bonds is 12. The Morgan fingerprint density at radius 1 is 0.511 bits per heavy atom. The van der Waals surface area contributed by atoms with Gasteiger partial charge in [-0.1, -0.05) is 60.7 Å². The Bertz CT molecular complexity index is 1250. The molecular weight excluding hydrogens is 618 g/mol. The Kier molecular flexibility index (Phi) is 15.2. The van der Waals surface area contributed by atoms with Crippen LogP contribution in [-0.4, -0.2) is 27.2 Å². The Morgan fingerprint density at radius 2 is 0.822 bits per heavy atom. The van der Waals surface area contributed by atoms with Crippen LogP contribution in [0.4, 0.5) is 26.3 Å². The maximum absolute atomic E-state index is 12.6. The molecule has 2 atom stereocenters. The highest BCUT2D eigenvalue weighted by atomic mass is 35.5. The zero-order chi connectivity index (χ0) is 32.0. The van der Waals surface area contributed by atoms with Crippen molar-refractivity contribution < 1.29 is 35.8 Å². The molecule has 0 amide bonds. The van der Waals surface area contributed by atoms with Crippen molar-refractivity contribution in [2.24, 2.45) is 0 Å². The number of hydrogen-bond donors (Lipinski definition) is 2. The summed E-state index contributed by atoms with van der Waals surface area (Å²) in [5.74, 6) is 0.857. The molecule has 0 bridgehead atoms. The van der Waals surface area contributed by atoms with Gasteiger partial charge in [0.2, 0.25) is 0 Å². The molecule has 45 heavy (non-hydrogen) atoms. The van der Waals surface area contributed by atoms with Crippen molar-refractivity contribution >= 4 is 12.4 Å². The molecule has 4 nitrogen and oxygen atoms in total. The van der Waals surface area contributed by atoms with Crippen molar-refractivity contribution in [3.05, 3.63) is 131 Å². The van der Waals surface area contributed by atoms with E-state index in [0.717, 1.165) is 61.3 Å². The minimum Gasteiger partial charge on any atom is -0.486 e. The molecule has 0 saturated carbocycles. The summed E-state index contributed by atoms with van der Waals surface area (Å²) in [5.41, 5.74) is 0.646. The zero-order valence-electron chi connectivity index (χ0n) is 24.9. The predicted molar refractivity (Wildman–Crippen MR) is 167 cm³/mol. The summed E-state index contributed by atoms with van der Waals surface area (Å²) < 4.78 is 87.1. The average molecular weight is 655 g/mol. The van der Waals surface area contributed by atoms with E-state index in [-0.39, 0.29) is 24.6 Å². The molecule has 0 fully saturated rings. The van der Waals surface area contributed by atoms with Crippen molar-refractivity contribution in [3.8, 4) is 11.5 Å². The molecule has 0 heterocycles. The van der Waals surface area contributed by atoms with Crippen molar-refractivity contribution in [2.75, 3.05) is 27.2 Å². The highest BCUT2D eigenvalue weighted by molar-refractivity contribution is 5.85. The molecule has 4 aromatic carbocycles. The maximum atomic E-state index is 12.6. The predicted octanol–water partition coefficient (Wildman–Crippen LogP) is 9.29. The fraction of sp³-hybridized carbons (Fsp3) is 0.294. The van der Waals surface area contributed by atoms with E-state index < -0.39 is 23.5 Å². The third-order valence-corrected chi connectivity index (χ3v) is 6.58. The van der Waals surface area contributed by atoms with Gasteiger partial charge in [0.15, 0.2) is 0 Å². The van der Waals surface area contributed by atoms with Gasteiger partial charge in [0, 0.05) is 12.8 Å². The third-order valence-electron chi connectivity index (χ3n) is 6.58. The lowest BCUT2D eigenvalue weighted by Gasteiger charge is -2.20. The van der Waals surface area contributed by atoms with E-state index >= 15 is 0 Å². The van der Waals surface area contributed by atoms with Gasteiger partial charge < -0.3 is 20.1 Å². The molecule has 0 aliphatic carbocycles. The molecule has 4 aromatic rings. The van der Waals surface area contributed by atoms with E-state index in [0.29, 0.717) is 11.5 Å². The summed E-state index contributed by atoms with van der Waals surface area (Å²) in [6.07, 6.45) is -7.62. The van der Waals surface area contributed by atoms with Gasteiger partial charge in [-0.15, -0.1) is 12.4 Å². The van der Waals surface area contributed by atoms with Crippen molar-refractivity contribution in [1.82, 2.24) is 10.6 Å². The summed E-state index contributed by atoms with van der Waals surface area (Å²) >= 11 is 0. The number of alkyl halides is 6. The summed E-state index contributed by atoms with van der Waals surface area (Å²) in [7, 11) is 3.69. The molecule has 2 unspecified atom stereocenters. The first-order valence-corrected chi connectivity index (χ1v) is 14.1. The SMILES string of the molecule is CNCCC(Oc1ccc(C(F)(F)F)cc1)c1ccccc1.CNCCC(Oc1ccc(C(F)(F)F)cc1)c1ccccc1.Cl. The van der Waals surface area contributed by atoms with E-state index in [1.165, 1.54) is 24.3 Å². The molecule has 0 aliphatic heterocycles. The fourth-order valence-electron chi connectivity index (χ4n) is 4.25. The van der Waals surface area contributed by atoms with Crippen molar-refractivity contribution in [1.29, 1.82) is 0 Å². The molecule has 0 saturated heterocycles. The van der Waals surface area contributed by atoms with Gasteiger partial charge in [0.1, 0.15) is 23.7 Å². The molecule has 2 N–H and O–H groups in total. The number of ether oxygens (including phenoxy) is 2. The number of nitrogens with one attached hydrogen (secondary N) is 2. The van der Waals surface area contributed by atoms with Gasteiger partial charge in [0.25, 0.3) is 0 Å². The smallest absolute Gasteiger partial charge is 0.416 e. The van der Waals surface area contributed by atoms with Gasteiger partial charge in [0.05, 0.1) is 11.1 Å². The van der Waals surface area contributed by atoms with E-state index in [9.17, 15) is 26.3 Å². The standard InChI is InChI=1S/2C17H18F3NO.ClH/c2*1-21-12-11-16(13-5-3-2-4-6-13)22-15-9-7-14(8-10-15)17(18,19)20;/h2*2-10,16,21H,11-12H2,1H3;1H. The van der Waals surface area contributed by atoms with Gasteiger partial charge in [-0.2, -0.15) is 26.3 Å². The average Bonchev–Trinajstić information content (AvgIpc) is 3.02. The minimum atomic E-state index is -4.33. The van der Waals surface area contributed by atoms with Crippen molar-refractivity contribution in [2.45, 2.75) is 37.4 Å². The van der Waals surface area contributed by atoms with E-state index in [1.807, 2.05) is 74.8 Å². The molecule has 4 rings (SSSR count). The van der Waals surface area contributed by atoms with Crippen LogP contribution in [0, 0.1) is 0 Å². The second-order valence-electron chi connectivity index (χ2n) is 9.86. The lowest BCUT2D eigenvalue weighted by molar-refractivity contribution is -0.138. The van der Waals surface area contributed by atoms with Gasteiger partial charge in [-0.3, -0.25) is 0 Å². The lowest BCUT2D eigenvalue weighted by Crippen LogP contribution is -2.16. The highest BCUT2D eigenvalue weighted by Gasteiger charge is 2.31. The zero-order valence-corrected chi connectivity index (χ0v) is 25.7. The van der Waals surface area contributed by atoms with E-state index in [2.05, 4.69) is 10.6 Å². The first-order valence-electron chi connectivity index (χ1n) is 14.1. The van der Waals surface area contributed by atoms with E-state index in [4.69, 9.17) is 9.47 Å². The van der Waals surface area contributed by atoms with Crippen LogP contribution in [0.5, 0.6) is 11.5 Å². The second-order valence-corrected chi connectivity index (χ2v) is 9.86. The normalized spacial score (nSPS) is 12.6. The number of hydrogen-bond acceptors (Lipinski definition) is 4. The maximum Gasteiger partial charge on any atom is 0.416 e. The summed E-state index contributed by atoms with van der Waals surface area (Å²) in [4.78, 5) is 0. The van der Waals surface area contributed by atoms with Crippen LogP contribution in [0.1, 0.15) is 47.3 Å². The molecule has 244 valence electrons. The minimum absolute atomic E-state index is 0. The Hall–Kier alpha value is -3.73. The first-order chi connectivity index (χ1) is 21.0. The largest absolute Gasteiger partial charge is 0.486 e. The van der Waals surface area contributed by atoms with Gasteiger partial charge in [-0.05, 0) is 86.8 Å². The fourth-order valence-corrected chi connectivity index (χ4v) is 4.25. The molecule has 0 aliphatic rings. The Balaban J connectivity index is 0.000000307. The first kappa shape index (κ1) is 37.5. The summed E-state index contributed by atoms with van der Waals surface area (Å²) in [6.45, 7) is 1.50.